The quantitative estimate of drug-likeness (QED) is 0.114. The van der Waals surface area contributed by atoms with E-state index in [2.05, 4.69) is 52.6 Å². The van der Waals surface area contributed by atoms with Crippen molar-refractivity contribution in [3.05, 3.63) is 0 Å². The van der Waals surface area contributed by atoms with Gasteiger partial charge in [0.05, 0.1) is 13.8 Å². The van der Waals surface area contributed by atoms with Crippen LogP contribution in [0.2, 0.25) is 0 Å². The van der Waals surface area contributed by atoms with Crippen LogP contribution in [-0.4, -0.2) is 50.6 Å². The summed E-state index contributed by atoms with van der Waals surface area (Å²) in [7, 11) is 2.40. The first-order valence-electron chi connectivity index (χ1n) is 5.05. The van der Waals surface area contributed by atoms with Crippen molar-refractivity contribution in [2.75, 3.05) is 20.8 Å². The minimum atomic E-state index is -2.77. The highest BCUT2D eigenvalue weighted by molar-refractivity contribution is 15.0. The zero-order chi connectivity index (χ0) is 16.3. The molecule has 0 aliphatic heterocycles. The Bertz CT molecular complexity index is 406. The molecule has 2 N–H and O–H groups in total. The van der Waals surface area contributed by atoms with Crippen LogP contribution in [0.5, 0.6) is 0 Å². The van der Waals surface area contributed by atoms with Crippen LogP contribution in [0.25, 0.3) is 0 Å². The van der Waals surface area contributed by atoms with Crippen molar-refractivity contribution in [2.45, 2.75) is 51.5 Å². The van der Waals surface area contributed by atoms with Gasteiger partial charge >= 0.3 is 5.97 Å². The van der Waals surface area contributed by atoms with Crippen molar-refractivity contribution in [3.63, 3.8) is 0 Å². The molecule has 0 heterocycles. The number of ether oxygens (including phenoxy) is 1. The number of amides is 1. The highest BCUT2D eigenvalue weighted by atomic mass is 128. The molecule has 8 nitrogen and oxygen atoms in total. The molecule has 0 aromatic heterocycles. The molecule has 0 saturated heterocycles. The van der Waals surface area contributed by atoms with Crippen molar-refractivity contribution >= 4 is 67.0 Å². The fraction of sp³-hybridized carbons (Fsp3) is 0.688. The Balaban J connectivity index is -0.0000000650. The second-order valence-corrected chi connectivity index (χ2v) is 3.32. The van der Waals surface area contributed by atoms with Gasteiger partial charge in [-0.25, -0.2) is 4.79 Å². The first kappa shape index (κ1) is 49.9. The highest BCUT2D eigenvalue weighted by Gasteiger charge is 2.58. The standard InChI is InChI=1S/C10H14N2O6.6CH4.I2/c1-6(14)10(7(15)4-13,9(17)18-3)8(16)12-5-11-2;;;;;;;1-2/h4,11H,5H2,1-3H3,(H,12,16);6*1H4;. The fourth-order valence-electron chi connectivity index (χ4n) is 1.33. The van der Waals surface area contributed by atoms with E-state index in [1.165, 1.54) is 7.05 Å². The molecule has 0 rings (SSSR count). The summed E-state index contributed by atoms with van der Waals surface area (Å²) in [6.45, 7) is 0.772. The monoisotopic (exact) mass is 608 g/mol. The smallest absolute Gasteiger partial charge is 0.337 e. The van der Waals surface area contributed by atoms with Gasteiger partial charge in [0.1, 0.15) is 0 Å². The second kappa shape index (κ2) is 26.6. The summed E-state index contributed by atoms with van der Waals surface area (Å²) in [5.41, 5.74) is -2.77. The minimum Gasteiger partial charge on any atom is -0.468 e. The lowest BCUT2D eigenvalue weighted by atomic mass is 9.79. The number of methoxy groups -OCH3 is 1. The largest absolute Gasteiger partial charge is 0.468 e. The highest BCUT2D eigenvalue weighted by Crippen LogP contribution is 2.22. The van der Waals surface area contributed by atoms with E-state index in [0.29, 0.717) is 0 Å². The summed E-state index contributed by atoms with van der Waals surface area (Å²) >= 11 is 4.24. The molecule has 26 heavy (non-hydrogen) atoms. The molecule has 0 aliphatic carbocycles. The molecule has 0 saturated carbocycles. The number of Topliss-reactive ketones (excluding diaryl/α,β-unsaturated/α-hetero) is 2. The topological polar surface area (TPSA) is 119 Å². The Morgan fingerprint density at radius 1 is 1.00 bits per heavy atom. The van der Waals surface area contributed by atoms with Gasteiger partial charge in [-0.1, -0.05) is 44.6 Å². The number of halogens is 2. The van der Waals surface area contributed by atoms with E-state index < -0.39 is 28.9 Å². The van der Waals surface area contributed by atoms with Gasteiger partial charge in [0, 0.05) is 37.2 Å². The van der Waals surface area contributed by atoms with Gasteiger partial charge in [-0.3, -0.25) is 19.2 Å². The zero-order valence-electron chi connectivity index (χ0n) is 11.0. The third-order valence-electron chi connectivity index (χ3n) is 2.26. The molecular weight excluding hydrogens is 570 g/mol. The predicted molar refractivity (Wildman–Crippen MR) is 127 cm³/mol. The SMILES string of the molecule is C.C.C.C.C.C.CNCNC(=O)C(C(C)=O)(C(=O)C=O)C(=O)OC.II. The van der Waals surface area contributed by atoms with E-state index in [-0.39, 0.29) is 57.5 Å². The van der Waals surface area contributed by atoms with Crippen molar-refractivity contribution in [1.82, 2.24) is 10.6 Å². The Morgan fingerprint density at radius 3 is 1.62 bits per heavy atom. The zero-order valence-corrected chi connectivity index (χ0v) is 15.3. The summed E-state index contributed by atoms with van der Waals surface area (Å²) in [6.07, 6.45) is -0.253. The van der Waals surface area contributed by atoms with Gasteiger partial charge in [0.2, 0.25) is 5.78 Å². The molecule has 0 bridgehead atoms. The van der Waals surface area contributed by atoms with Crippen molar-refractivity contribution in [1.29, 1.82) is 0 Å². The molecular formula is C16H38I2N2O6. The molecule has 0 fully saturated rings. The number of rotatable bonds is 7. The second-order valence-electron chi connectivity index (χ2n) is 3.32. The van der Waals surface area contributed by atoms with Crippen LogP contribution in [0, 0.1) is 5.41 Å². The van der Waals surface area contributed by atoms with Crippen LogP contribution < -0.4 is 10.6 Å². The number of hydrogen-bond acceptors (Lipinski definition) is 7. The lowest BCUT2D eigenvalue weighted by Crippen LogP contribution is -2.58. The Labute approximate surface area is 183 Å². The maximum Gasteiger partial charge on any atom is 0.337 e. The van der Waals surface area contributed by atoms with Crippen molar-refractivity contribution < 1.29 is 28.7 Å². The predicted octanol–water partition coefficient (Wildman–Crippen LogP) is 3.38. The Kier molecular flexibility index (Phi) is 51.1. The number of hydrogen-bond donors (Lipinski definition) is 2. The van der Waals surface area contributed by atoms with E-state index in [0.717, 1.165) is 14.0 Å². The van der Waals surface area contributed by atoms with Crippen LogP contribution in [0.4, 0.5) is 0 Å². The first-order chi connectivity index (χ1) is 9.39. The van der Waals surface area contributed by atoms with Crippen LogP contribution in [0.15, 0.2) is 0 Å². The molecule has 1 atom stereocenters. The number of carbonyl (C=O) groups excluding carboxylic acids is 5. The molecule has 0 aromatic carbocycles. The van der Waals surface area contributed by atoms with Gasteiger partial charge in [0.15, 0.2) is 12.1 Å². The number of carbonyl (C=O) groups is 5. The normalized spacial score (nSPS) is 9.27. The number of aldehydes is 1. The van der Waals surface area contributed by atoms with Crippen LogP contribution in [-0.2, 0) is 28.7 Å². The van der Waals surface area contributed by atoms with Gasteiger partial charge in [-0.15, -0.1) is 0 Å². The maximum absolute atomic E-state index is 11.8. The van der Waals surface area contributed by atoms with Crippen LogP contribution >= 0.6 is 37.2 Å². The maximum atomic E-state index is 11.8. The summed E-state index contributed by atoms with van der Waals surface area (Å²) < 4.78 is 4.28. The van der Waals surface area contributed by atoms with E-state index in [4.69, 9.17) is 0 Å². The number of nitrogens with one attached hydrogen (secondary N) is 2. The molecule has 0 spiro atoms. The van der Waals surface area contributed by atoms with E-state index in [1.54, 1.807) is 0 Å². The van der Waals surface area contributed by atoms with Gasteiger partial charge in [-0.05, 0) is 14.0 Å². The average Bonchev–Trinajstić information content (AvgIpc) is 2.46. The van der Waals surface area contributed by atoms with Gasteiger partial charge < -0.3 is 15.4 Å². The molecule has 0 aromatic rings. The summed E-state index contributed by atoms with van der Waals surface area (Å²) in [5, 5.41) is 4.66. The first-order valence-corrected chi connectivity index (χ1v) is 11.3. The van der Waals surface area contributed by atoms with Crippen LogP contribution in [0.3, 0.4) is 0 Å². The molecule has 1 unspecified atom stereocenters. The van der Waals surface area contributed by atoms with E-state index in [1.807, 2.05) is 0 Å². The molecule has 0 radical (unpaired) electrons. The lowest BCUT2D eigenvalue weighted by Gasteiger charge is -2.23. The fourth-order valence-corrected chi connectivity index (χ4v) is 1.33. The number of esters is 1. The molecule has 162 valence electrons. The van der Waals surface area contributed by atoms with E-state index in [9.17, 15) is 24.0 Å². The third-order valence-corrected chi connectivity index (χ3v) is 2.26. The Morgan fingerprint density at radius 2 is 1.38 bits per heavy atom. The third kappa shape index (κ3) is 11.9. The average molecular weight is 608 g/mol. The summed E-state index contributed by atoms with van der Waals surface area (Å²) in [6, 6.07) is 0. The van der Waals surface area contributed by atoms with Gasteiger partial charge in [0.25, 0.3) is 11.3 Å². The lowest BCUT2D eigenvalue weighted by molar-refractivity contribution is -0.167. The molecule has 10 heteroatoms. The molecule has 1 amide bonds. The van der Waals surface area contributed by atoms with Gasteiger partial charge in [-0.2, -0.15) is 0 Å². The summed E-state index contributed by atoms with van der Waals surface area (Å²) in [5.74, 6) is -5.13. The van der Waals surface area contributed by atoms with Crippen LogP contribution in [0.1, 0.15) is 51.5 Å². The van der Waals surface area contributed by atoms with Crippen molar-refractivity contribution in [2.24, 2.45) is 5.41 Å². The minimum absolute atomic E-state index is 0. The molecule has 0 aliphatic rings. The summed E-state index contributed by atoms with van der Waals surface area (Å²) in [4.78, 5) is 57.0. The Hall–Kier alpha value is -0.630. The van der Waals surface area contributed by atoms with E-state index >= 15 is 0 Å². The van der Waals surface area contributed by atoms with Crippen molar-refractivity contribution in [3.8, 4) is 0 Å². The number of ketones is 2.